The van der Waals surface area contributed by atoms with Crippen molar-refractivity contribution in [2.24, 2.45) is 0 Å². The summed E-state index contributed by atoms with van der Waals surface area (Å²) >= 11 is 0. The highest BCUT2D eigenvalue weighted by molar-refractivity contribution is 5.15. The Bertz CT molecular complexity index is 186. The van der Waals surface area contributed by atoms with E-state index in [-0.39, 0.29) is 12.2 Å². The molecular formula is C6H4F6. The number of allylic oxidation sites excluding steroid dienone is 2. The van der Waals surface area contributed by atoms with Crippen LogP contribution in [0.2, 0.25) is 0 Å². The van der Waals surface area contributed by atoms with Gasteiger partial charge in [-0.1, -0.05) is 0 Å². The fourth-order valence-electron chi connectivity index (χ4n) is 0.804. The Labute approximate surface area is 63.9 Å². The van der Waals surface area contributed by atoms with E-state index in [1.165, 1.54) is 0 Å². The van der Waals surface area contributed by atoms with Gasteiger partial charge in [-0.05, 0) is 12.2 Å². The predicted molar refractivity (Wildman–Crippen MR) is 28.8 cm³/mol. The maximum atomic E-state index is 12.2. The Morgan fingerprint density at radius 3 is 1.25 bits per heavy atom. The fraction of sp³-hybridized carbons (Fsp3) is 0.667. The summed E-state index contributed by atoms with van der Waals surface area (Å²) in [6.45, 7) is 0. The predicted octanol–water partition coefficient (Wildman–Crippen LogP) is 2.50. The molecule has 0 amide bonds. The van der Waals surface area contributed by atoms with Crippen LogP contribution in [0, 0.1) is 0 Å². The zero-order valence-corrected chi connectivity index (χ0v) is 5.58. The maximum Gasteiger partial charge on any atom is 0.347 e. The molecule has 70 valence electrons. The van der Waals surface area contributed by atoms with Crippen LogP contribution < -0.4 is 0 Å². The van der Waals surface area contributed by atoms with Gasteiger partial charge in [0.05, 0.1) is 0 Å². The van der Waals surface area contributed by atoms with Crippen molar-refractivity contribution < 1.29 is 26.3 Å². The molecule has 6 heteroatoms. The second kappa shape index (κ2) is 2.40. The van der Waals surface area contributed by atoms with Gasteiger partial charge in [-0.2, -0.15) is 17.6 Å². The molecule has 1 rings (SSSR count). The minimum atomic E-state index is -4.96. The third-order valence-corrected chi connectivity index (χ3v) is 1.59. The first-order valence-corrected chi connectivity index (χ1v) is 3.02. The summed E-state index contributed by atoms with van der Waals surface area (Å²) in [6.07, 6.45) is -6.05. The van der Waals surface area contributed by atoms with Crippen molar-refractivity contribution in [3.05, 3.63) is 12.2 Å². The molecule has 0 bridgehead atoms. The largest absolute Gasteiger partial charge is 0.347 e. The van der Waals surface area contributed by atoms with E-state index in [2.05, 4.69) is 0 Å². The quantitative estimate of drug-likeness (QED) is 0.406. The van der Waals surface area contributed by atoms with Gasteiger partial charge in [0.1, 0.15) is 0 Å². The molecule has 0 radical (unpaired) electrons. The van der Waals surface area contributed by atoms with Gasteiger partial charge in [-0.15, -0.1) is 0 Å². The smallest absolute Gasteiger partial charge is 0.236 e. The third-order valence-electron chi connectivity index (χ3n) is 1.59. The molecule has 1 aliphatic rings. The number of rotatable bonds is 0. The van der Waals surface area contributed by atoms with Crippen LogP contribution in [0.25, 0.3) is 0 Å². The summed E-state index contributed by atoms with van der Waals surface area (Å²) in [4.78, 5) is 0. The van der Waals surface area contributed by atoms with E-state index in [0.29, 0.717) is 0 Å². The molecule has 0 saturated heterocycles. The molecule has 12 heavy (non-hydrogen) atoms. The van der Waals surface area contributed by atoms with Crippen molar-refractivity contribution in [2.75, 3.05) is 0 Å². The van der Waals surface area contributed by atoms with Crippen molar-refractivity contribution in [3.63, 3.8) is 0 Å². The lowest BCUT2D eigenvalue weighted by Gasteiger charge is -2.32. The van der Waals surface area contributed by atoms with Gasteiger partial charge in [-0.3, -0.25) is 0 Å². The first kappa shape index (κ1) is 9.41. The van der Waals surface area contributed by atoms with Crippen LogP contribution in [-0.4, -0.2) is 24.2 Å². The Balaban J connectivity index is 3.07. The van der Waals surface area contributed by atoms with E-state index >= 15 is 0 Å². The van der Waals surface area contributed by atoms with Crippen molar-refractivity contribution in [1.29, 1.82) is 0 Å². The summed E-state index contributed by atoms with van der Waals surface area (Å²) in [7, 11) is 0. The van der Waals surface area contributed by atoms with Gasteiger partial charge < -0.3 is 0 Å². The highest BCUT2D eigenvalue weighted by Gasteiger charge is 2.67. The zero-order valence-electron chi connectivity index (χ0n) is 5.58. The van der Waals surface area contributed by atoms with Gasteiger partial charge in [0, 0.05) is 0 Å². The van der Waals surface area contributed by atoms with Gasteiger partial charge in [-0.25, -0.2) is 8.78 Å². The molecule has 0 saturated carbocycles. The molecule has 0 spiro atoms. The van der Waals surface area contributed by atoms with Crippen molar-refractivity contribution in [1.82, 2.24) is 0 Å². The number of hydrogen-bond acceptors (Lipinski definition) is 0. The van der Waals surface area contributed by atoms with Gasteiger partial charge in [0.25, 0.3) is 0 Å². The molecule has 0 heterocycles. The number of hydrogen-bond donors (Lipinski definition) is 0. The molecule has 0 nitrogen and oxygen atoms in total. The minimum absolute atomic E-state index is 0.0993. The number of halogens is 6. The van der Waals surface area contributed by atoms with Crippen molar-refractivity contribution >= 4 is 0 Å². The molecular weight excluding hydrogens is 186 g/mol. The summed E-state index contributed by atoms with van der Waals surface area (Å²) in [5, 5.41) is 0. The average Bonchev–Trinajstić information content (AvgIpc) is 1.96. The van der Waals surface area contributed by atoms with E-state index in [0.717, 1.165) is 0 Å². The van der Waals surface area contributed by atoms with Gasteiger partial charge >= 0.3 is 11.8 Å². The summed E-state index contributed by atoms with van der Waals surface area (Å²) < 4.78 is 73.1. The van der Waals surface area contributed by atoms with Crippen molar-refractivity contribution in [2.45, 2.75) is 24.2 Å². The standard InChI is InChI=1S/C6H4F6/c7-3-1-2-4(8)6(11,12)5(3,9)10/h1-4H. The first-order chi connectivity index (χ1) is 5.30. The van der Waals surface area contributed by atoms with E-state index in [4.69, 9.17) is 0 Å². The third kappa shape index (κ3) is 1.01. The molecule has 0 N–H and O–H groups in total. The second-order valence-corrected chi connectivity index (χ2v) is 2.43. The Kier molecular flexibility index (Phi) is 1.88. The average molecular weight is 190 g/mol. The fourth-order valence-corrected chi connectivity index (χ4v) is 0.804. The van der Waals surface area contributed by atoms with Crippen LogP contribution in [0.15, 0.2) is 12.2 Å². The zero-order chi connectivity index (χ0) is 9.57. The molecule has 2 atom stereocenters. The normalized spacial score (nSPS) is 38.2. The SMILES string of the molecule is FC1C=CC(F)C(F)(F)C1(F)F. The van der Waals surface area contributed by atoms with Crippen LogP contribution in [0.5, 0.6) is 0 Å². The van der Waals surface area contributed by atoms with Gasteiger partial charge in [0.15, 0.2) is 12.3 Å². The monoisotopic (exact) mass is 190 g/mol. The van der Waals surface area contributed by atoms with Crippen LogP contribution >= 0.6 is 0 Å². The summed E-state index contributed by atoms with van der Waals surface area (Å²) in [6, 6.07) is 0. The van der Waals surface area contributed by atoms with Crippen LogP contribution in [0.4, 0.5) is 26.3 Å². The Morgan fingerprint density at radius 2 is 1.00 bits per heavy atom. The molecule has 0 fully saturated rings. The highest BCUT2D eigenvalue weighted by Crippen LogP contribution is 2.45. The molecule has 2 unspecified atom stereocenters. The molecule has 0 aromatic carbocycles. The maximum absolute atomic E-state index is 12.2. The van der Waals surface area contributed by atoms with E-state index in [1.807, 2.05) is 0 Å². The Morgan fingerprint density at radius 1 is 0.750 bits per heavy atom. The van der Waals surface area contributed by atoms with Crippen LogP contribution in [-0.2, 0) is 0 Å². The minimum Gasteiger partial charge on any atom is -0.236 e. The van der Waals surface area contributed by atoms with E-state index in [9.17, 15) is 26.3 Å². The molecule has 0 aromatic heterocycles. The lowest BCUT2D eigenvalue weighted by atomic mass is 9.96. The van der Waals surface area contributed by atoms with Crippen LogP contribution in [0.1, 0.15) is 0 Å². The topological polar surface area (TPSA) is 0 Å². The second-order valence-electron chi connectivity index (χ2n) is 2.43. The summed E-state index contributed by atoms with van der Waals surface area (Å²) in [5.41, 5.74) is 0. The van der Waals surface area contributed by atoms with E-state index < -0.39 is 24.2 Å². The lowest BCUT2D eigenvalue weighted by molar-refractivity contribution is -0.254. The van der Waals surface area contributed by atoms with Gasteiger partial charge in [0.2, 0.25) is 0 Å². The lowest BCUT2D eigenvalue weighted by Crippen LogP contribution is -2.54. The molecule has 1 aliphatic carbocycles. The first-order valence-electron chi connectivity index (χ1n) is 3.02. The van der Waals surface area contributed by atoms with Crippen LogP contribution in [0.3, 0.4) is 0 Å². The summed E-state index contributed by atoms with van der Waals surface area (Å²) in [5.74, 6) is -9.91. The highest BCUT2D eigenvalue weighted by atomic mass is 19.3. The Hall–Kier alpha value is -0.680. The number of alkyl halides is 6. The van der Waals surface area contributed by atoms with E-state index in [1.54, 1.807) is 0 Å². The molecule has 0 aromatic rings. The van der Waals surface area contributed by atoms with Crippen molar-refractivity contribution in [3.8, 4) is 0 Å². The molecule has 0 aliphatic heterocycles.